The second kappa shape index (κ2) is 5.11. The summed E-state index contributed by atoms with van der Waals surface area (Å²) in [6.07, 6.45) is 7.43. The largest absolute Gasteiger partial charge is 0.458 e. The van der Waals surface area contributed by atoms with Gasteiger partial charge in [-0.3, -0.25) is 9.59 Å². The predicted octanol–water partition coefficient (Wildman–Crippen LogP) is 1.83. The molecule has 1 spiro atoms. The van der Waals surface area contributed by atoms with E-state index in [2.05, 4.69) is 5.16 Å². The van der Waals surface area contributed by atoms with E-state index in [4.69, 9.17) is 9.26 Å². The summed E-state index contributed by atoms with van der Waals surface area (Å²) in [6, 6.07) is 0. The van der Waals surface area contributed by atoms with Crippen LogP contribution in [0.4, 0.5) is 0 Å². The maximum Gasteiger partial charge on any atom is 0.307 e. The number of ether oxygens (including phenoxy) is 1. The number of rotatable bonds is 1. The first-order chi connectivity index (χ1) is 10.7. The van der Waals surface area contributed by atoms with E-state index in [-0.39, 0.29) is 24.2 Å². The second-order valence-electron chi connectivity index (χ2n) is 6.65. The van der Waals surface area contributed by atoms with E-state index in [1.165, 1.54) is 0 Å². The molecule has 0 radical (unpaired) electrons. The van der Waals surface area contributed by atoms with Gasteiger partial charge in [-0.2, -0.15) is 0 Å². The zero-order valence-electron chi connectivity index (χ0n) is 12.5. The summed E-state index contributed by atoms with van der Waals surface area (Å²) in [7, 11) is 0. The monoisotopic (exact) mass is 304 g/mol. The highest BCUT2D eigenvalue weighted by Gasteiger charge is 2.53. The second-order valence-corrected chi connectivity index (χ2v) is 6.65. The van der Waals surface area contributed by atoms with Crippen molar-refractivity contribution in [3.05, 3.63) is 17.5 Å². The average Bonchev–Trinajstić information content (AvgIpc) is 3.11. The SMILES string of the molecule is O=C1CC(C(=O)N2CCc3nocc3C2)C2(CCCCC2)O1. The van der Waals surface area contributed by atoms with Crippen molar-refractivity contribution >= 4 is 11.9 Å². The van der Waals surface area contributed by atoms with Crippen molar-refractivity contribution in [2.75, 3.05) is 6.54 Å². The summed E-state index contributed by atoms with van der Waals surface area (Å²) in [5.41, 5.74) is 1.37. The molecule has 22 heavy (non-hydrogen) atoms. The van der Waals surface area contributed by atoms with Gasteiger partial charge in [0.2, 0.25) is 5.91 Å². The maximum absolute atomic E-state index is 13.0. The molecule has 118 valence electrons. The predicted molar refractivity (Wildman–Crippen MR) is 75.6 cm³/mol. The van der Waals surface area contributed by atoms with Crippen LogP contribution in [0.1, 0.15) is 49.8 Å². The summed E-state index contributed by atoms with van der Waals surface area (Å²) in [5.74, 6) is -0.482. The molecule has 0 aromatic carbocycles. The minimum Gasteiger partial charge on any atom is -0.458 e. The lowest BCUT2D eigenvalue weighted by atomic mass is 9.75. The summed E-state index contributed by atoms with van der Waals surface area (Å²) >= 11 is 0. The molecule has 1 aromatic rings. The highest BCUT2D eigenvalue weighted by molar-refractivity contribution is 5.88. The number of carbonyl (C=O) groups excluding carboxylic acids is 2. The molecule has 1 amide bonds. The van der Waals surface area contributed by atoms with Gasteiger partial charge in [-0.25, -0.2) is 0 Å². The fourth-order valence-corrected chi connectivity index (χ4v) is 4.15. The van der Waals surface area contributed by atoms with E-state index in [0.717, 1.165) is 43.4 Å². The molecular weight excluding hydrogens is 284 g/mol. The number of aromatic nitrogens is 1. The third-order valence-electron chi connectivity index (χ3n) is 5.34. The van der Waals surface area contributed by atoms with Crippen LogP contribution in [0.5, 0.6) is 0 Å². The number of hydrogen-bond donors (Lipinski definition) is 0. The van der Waals surface area contributed by atoms with Crippen LogP contribution in [0.2, 0.25) is 0 Å². The van der Waals surface area contributed by atoms with Crippen molar-refractivity contribution in [3.8, 4) is 0 Å². The molecule has 1 unspecified atom stereocenters. The van der Waals surface area contributed by atoms with Crippen LogP contribution in [0, 0.1) is 5.92 Å². The Morgan fingerprint density at radius 3 is 2.95 bits per heavy atom. The smallest absolute Gasteiger partial charge is 0.307 e. The Hall–Kier alpha value is -1.85. The van der Waals surface area contributed by atoms with Gasteiger partial charge in [-0.05, 0) is 25.7 Å². The molecule has 1 saturated heterocycles. The lowest BCUT2D eigenvalue weighted by Crippen LogP contribution is -2.48. The molecule has 6 nitrogen and oxygen atoms in total. The lowest BCUT2D eigenvalue weighted by Gasteiger charge is -2.38. The van der Waals surface area contributed by atoms with Crippen LogP contribution < -0.4 is 0 Å². The fraction of sp³-hybridized carbons (Fsp3) is 0.688. The van der Waals surface area contributed by atoms with E-state index in [9.17, 15) is 9.59 Å². The number of hydrogen-bond acceptors (Lipinski definition) is 5. The quantitative estimate of drug-likeness (QED) is 0.740. The van der Waals surface area contributed by atoms with Crippen molar-refractivity contribution in [3.63, 3.8) is 0 Å². The van der Waals surface area contributed by atoms with Gasteiger partial charge in [0.1, 0.15) is 11.9 Å². The zero-order chi connectivity index (χ0) is 15.2. The van der Waals surface area contributed by atoms with Crippen molar-refractivity contribution in [1.29, 1.82) is 0 Å². The van der Waals surface area contributed by atoms with Gasteiger partial charge in [-0.15, -0.1) is 0 Å². The molecule has 2 fully saturated rings. The minimum atomic E-state index is -0.540. The molecule has 2 aliphatic heterocycles. The minimum absolute atomic E-state index is 0.0552. The third-order valence-corrected chi connectivity index (χ3v) is 5.34. The molecule has 0 N–H and O–H groups in total. The maximum atomic E-state index is 13.0. The van der Waals surface area contributed by atoms with Gasteiger partial charge in [0.05, 0.1) is 24.6 Å². The molecule has 1 aromatic heterocycles. The van der Waals surface area contributed by atoms with E-state index in [0.29, 0.717) is 19.5 Å². The molecule has 1 aliphatic carbocycles. The number of esters is 1. The normalized spacial score (nSPS) is 26.8. The van der Waals surface area contributed by atoms with Gasteiger partial charge in [-0.1, -0.05) is 11.6 Å². The first-order valence-corrected chi connectivity index (χ1v) is 8.11. The van der Waals surface area contributed by atoms with E-state index in [1.807, 2.05) is 4.90 Å². The Balaban J connectivity index is 1.55. The summed E-state index contributed by atoms with van der Waals surface area (Å²) in [6.45, 7) is 1.16. The van der Waals surface area contributed by atoms with Crippen LogP contribution in [0.25, 0.3) is 0 Å². The standard InChI is InChI=1S/C16H20N2O4/c19-14-8-12(16(22-14)5-2-1-3-6-16)15(20)18-7-4-13-11(9-18)10-21-17-13/h10,12H,1-9H2. The van der Waals surface area contributed by atoms with E-state index >= 15 is 0 Å². The Bertz CT molecular complexity index is 603. The first-order valence-electron chi connectivity index (χ1n) is 8.11. The van der Waals surface area contributed by atoms with Gasteiger partial charge in [0.15, 0.2) is 0 Å². The third kappa shape index (κ3) is 2.12. The number of carbonyl (C=O) groups is 2. The van der Waals surface area contributed by atoms with Crippen LogP contribution >= 0.6 is 0 Å². The van der Waals surface area contributed by atoms with Gasteiger partial charge in [0.25, 0.3) is 0 Å². The van der Waals surface area contributed by atoms with Gasteiger partial charge >= 0.3 is 5.97 Å². The topological polar surface area (TPSA) is 72.6 Å². The Labute approximate surface area is 128 Å². The van der Waals surface area contributed by atoms with E-state index in [1.54, 1.807) is 6.26 Å². The zero-order valence-corrected chi connectivity index (χ0v) is 12.5. The summed E-state index contributed by atoms with van der Waals surface area (Å²) < 4.78 is 10.6. The number of fused-ring (bicyclic) bond motifs is 1. The molecule has 3 aliphatic rings. The Morgan fingerprint density at radius 1 is 1.32 bits per heavy atom. The summed E-state index contributed by atoms with van der Waals surface area (Å²) in [5, 5.41) is 3.95. The molecule has 3 heterocycles. The van der Waals surface area contributed by atoms with Crippen molar-refractivity contribution in [1.82, 2.24) is 10.1 Å². The lowest BCUT2D eigenvalue weighted by molar-refractivity contribution is -0.156. The Kier molecular flexibility index (Phi) is 3.20. The van der Waals surface area contributed by atoms with Crippen LogP contribution in [0.3, 0.4) is 0 Å². The van der Waals surface area contributed by atoms with E-state index < -0.39 is 5.60 Å². The van der Waals surface area contributed by atoms with Crippen molar-refractivity contribution in [2.45, 2.75) is 57.1 Å². The fourth-order valence-electron chi connectivity index (χ4n) is 4.15. The van der Waals surface area contributed by atoms with Crippen molar-refractivity contribution in [2.24, 2.45) is 5.92 Å². The van der Waals surface area contributed by atoms with Crippen LogP contribution in [0.15, 0.2) is 10.8 Å². The highest BCUT2D eigenvalue weighted by atomic mass is 16.6. The number of nitrogens with zero attached hydrogens (tertiary/aromatic N) is 2. The average molecular weight is 304 g/mol. The molecule has 0 bridgehead atoms. The van der Waals surface area contributed by atoms with Crippen LogP contribution in [-0.4, -0.2) is 34.1 Å². The molecule has 6 heteroatoms. The van der Waals surface area contributed by atoms with Crippen molar-refractivity contribution < 1.29 is 18.8 Å². The van der Waals surface area contributed by atoms with Gasteiger partial charge < -0.3 is 14.2 Å². The highest BCUT2D eigenvalue weighted by Crippen LogP contribution is 2.45. The molecule has 1 saturated carbocycles. The Morgan fingerprint density at radius 2 is 2.14 bits per heavy atom. The molecular formula is C16H20N2O4. The summed E-state index contributed by atoms with van der Waals surface area (Å²) in [4.78, 5) is 26.7. The first kappa shape index (κ1) is 13.8. The van der Waals surface area contributed by atoms with Crippen LogP contribution in [-0.2, 0) is 27.3 Å². The molecule has 1 atom stereocenters. The number of amides is 1. The van der Waals surface area contributed by atoms with Gasteiger partial charge in [0, 0.05) is 18.5 Å². The molecule has 4 rings (SSSR count).